The molecule has 2 aromatic rings. The van der Waals surface area contributed by atoms with Crippen LogP contribution in [-0.2, 0) is 21.0 Å². The zero-order valence-corrected chi connectivity index (χ0v) is 21.4. The Morgan fingerprint density at radius 3 is 2.63 bits per heavy atom. The zero-order valence-electron chi connectivity index (χ0n) is 20.6. The van der Waals surface area contributed by atoms with E-state index in [-0.39, 0.29) is 24.3 Å². The van der Waals surface area contributed by atoms with Gasteiger partial charge >= 0.3 is 6.09 Å². The molecule has 0 aliphatic carbocycles. The fraction of sp³-hybridized carbons (Fsp3) is 0.519. The Hall–Kier alpha value is -2.58. The summed E-state index contributed by atoms with van der Waals surface area (Å²) in [4.78, 5) is 14.1. The van der Waals surface area contributed by atoms with Gasteiger partial charge in [-0.05, 0) is 73.4 Å². The third-order valence-corrected chi connectivity index (χ3v) is 8.69. The number of ether oxygens (including phenoxy) is 2. The molecule has 7 nitrogen and oxygen atoms in total. The quantitative estimate of drug-likeness (QED) is 0.674. The molecule has 0 radical (unpaired) electrons. The molecular weight excluding hydrogens is 464 g/mol. The van der Waals surface area contributed by atoms with Crippen LogP contribution in [0.5, 0.6) is 5.75 Å². The molecule has 2 aromatic carbocycles. The van der Waals surface area contributed by atoms with Crippen molar-refractivity contribution in [3.8, 4) is 5.75 Å². The van der Waals surface area contributed by atoms with Crippen LogP contribution in [0.1, 0.15) is 67.5 Å². The molecular formula is C27H34N2O5S. The summed E-state index contributed by atoms with van der Waals surface area (Å²) >= 11 is 0. The molecule has 4 heterocycles. The summed E-state index contributed by atoms with van der Waals surface area (Å²) in [7, 11) is -3.26. The second-order valence-corrected chi connectivity index (χ2v) is 12.6. The average Bonchev–Trinajstić information content (AvgIpc) is 2.81. The zero-order chi connectivity index (χ0) is 24.7. The maximum Gasteiger partial charge on any atom is 0.410 e. The van der Waals surface area contributed by atoms with E-state index in [1.165, 1.54) is 6.26 Å². The fourth-order valence-corrected chi connectivity index (χ4v) is 6.35. The molecule has 1 fully saturated rings. The molecule has 35 heavy (non-hydrogen) atoms. The molecule has 0 spiro atoms. The topological polar surface area (TPSA) is 84.9 Å². The number of likely N-dealkylation sites (tertiary alicyclic amines) is 1. The van der Waals surface area contributed by atoms with E-state index in [0.717, 1.165) is 47.3 Å². The summed E-state index contributed by atoms with van der Waals surface area (Å²) in [6.45, 7) is 5.11. The van der Waals surface area contributed by atoms with Crippen LogP contribution < -0.4 is 10.1 Å². The first-order chi connectivity index (χ1) is 16.7. The highest BCUT2D eigenvalue weighted by molar-refractivity contribution is 7.91. The smallest absolute Gasteiger partial charge is 0.410 e. The van der Waals surface area contributed by atoms with Gasteiger partial charge in [-0.2, -0.15) is 0 Å². The lowest BCUT2D eigenvalue weighted by Crippen LogP contribution is -2.44. The molecule has 188 valence electrons. The predicted octanol–water partition coefficient (Wildman–Crippen LogP) is 4.37. The summed E-state index contributed by atoms with van der Waals surface area (Å²) in [5, 5.41) is 2.73. The van der Waals surface area contributed by atoms with E-state index in [0.29, 0.717) is 25.4 Å². The minimum Gasteiger partial charge on any atom is -0.486 e. The van der Waals surface area contributed by atoms with Gasteiger partial charge in [-0.25, -0.2) is 13.2 Å². The molecule has 6 bridgehead atoms. The SMILES string of the molecule is CC(C)OC(=O)N1CCC(CC2Oc3cccc(c3)C3NC(S(C)(=O)=O)Cc4cc2ccc43)CC1. The standard InChI is InChI=1S/C27H34N2O5S/c1-17(2)33-27(30)29-11-9-18(10-12-29)13-24-19-7-8-23-21(14-19)16-25(35(3,31)32)28-26(23)20-5-4-6-22(15-20)34-24/h4-8,14-15,17-18,24-26,28H,9-13,16H2,1-3H3. The number of carbonyl (C=O) groups is 1. The van der Waals surface area contributed by atoms with Crippen molar-refractivity contribution in [3.63, 3.8) is 0 Å². The van der Waals surface area contributed by atoms with Crippen molar-refractivity contribution >= 4 is 15.9 Å². The van der Waals surface area contributed by atoms with Crippen molar-refractivity contribution in [2.75, 3.05) is 19.3 Å². The highest BCUT2D eigenvalue weighted by Gasteiger charge is 2.35. The number of hydrogen-bond donors (Lipinski definition) is 1. The van der Waals surface area contributed by atoms with Crippen LogP contribution in [0.25, 0.3) is 0 Å². The molecule has 4 aliphatic rings. The fourth-order valence-electron chi connectivity index (χ4n) is 5.48. The molecule has 1 N–H and O–H groups in total. The second-order valence-electron chi connectivity index (χ2n) is 10.4. The number of amides is 1. The normalized spacial score (nSPS) is 24.2. The molecule has 1 amide bonds. The van der Waals surface area contributed by atoms with E-state index in [4.69, 9.17) is 9.47 Å². The first kappa shape index (κ1) is 24.1. The van der Waals surface area contributed by atoms with Gasteiger partial charge < -0.3 is 14.4 Å². The second kappa shape index (κ2) is 9.47. The molecule has 3 atom stereocenters. The Morgan fingerprint density at radius 1 is 1.14 bits per heavy atom. The van der Waals surface area contributed by atoms with E-state index in [2.05, 4.69) is 23.5 Å². The van der Waals surface area contributed by atoms with Crippen LogP contribution in [-0.4, -0.2) is 50.2 Å². The van der Waals surface area contributed by atoms with Gasteiger partial charge in [0.1, 0.15) is 17.2 Å². The highest BCUT2D eigenvalue weighted by Crippen LogP contribution is 2.39. The minimum atomic E-state index is -3.26. The number of carbonyl (C=O) groups excluding carboxylic acids is 1. The number of sulfone groups is 1. The number of rotatable bonds is 4. The maximum absolute atomic E-state index is 12.5. The molecule has 8 heteroatoms. The Balaban J connectivity index is 1.40. The number of piperidine rings is 1. The van der Waals surface area contributed by atoms with Crippen LogP contribution in [0.4, 0.5) is 4.79 Å². The van der Waals surface area contributed by atoms with E-state index in [1.54, 1.807) is 4.90 Å². The summed E-state index contributed by atoms with van der Waals surface area (Å²) in [5.41, 5.74) is 4.27. The van der Waals surface area contributed by atoms with Gasteiger partial charge in [0.05, 0.1) is 12.1 Å². The Labute approximate surface area is 207 Å². The van der Waals surface area contributed by atoms with Crippen LogP contribution >= 0.6 is 0 Å². The molecule has 0 saturated carbocycles. The summed E-state index contributed by atoms with van der Waals surface area (Å²) in [6, 6.07) is 14.2. The van der Waals surface area contributed by atoms with Crippen LogP contribution in [0.15, 0.2) is 42.5 Å². The first-order valence-corrected chi connectivity index (χ1v) is 14.4. The number of fused-ring (bicyclic) bond motifs is 2. The summed E-state index contributed by atoms with van der Waals surface area (Å²) < 4.78 is 36.9. The van der Waals surface area contributed by atoms with E-state index >= 15 is 0 Å². The van der Waals surface area contributed by atoms with Crippen molar-refractivity contribution in [2.45, 2.75) is 63.2 Å². The van der Waals surface area contributed by atoms with Gasteiger partial charge in [0.15, 0.2) is 9.84 Å². The van der Waals surface area contributed by atoms with Gasteiger partial charge in [-0.3, -0.25) is 5.32 Å². The van der Waals surface area contributed by atoms with Crippen LogP contribution in [0.2, 0.25) is 0 Å². The predicted molar refractivity (Wildman–Crippen MR) is 134 cm³/mol. The Morgan fingerprint density at radius 2 is 1.91 bits per heavy atom. The molecule has 1 saturated heterocycles. The Bertz CT molecular complexity index is 1200. The van der Waals surface area contributed by atoms with Gasteiger partial charge in [-0.1, -0.05) is 30.3 Å². The van der Waals surface area contributed by atoms with Crippen LogP contribution in [0.3, 0.4) is 0 Å². The van der Waals surface area contributed by atoms with Crippen molar-refractivity contribution in [2.24, 2.45) is 5.92 Å². The molecule has 6 rings (SSSR count). The van der Waals surface area contributed by atoms with E-state index in [9.17, 15) is 13.2 Å². The number of nitrogens with zero attached hydrogens (tertiary/aromatic N) is 1. The average molecular weight is 499 g/mol. The van der Waals surface area contributed by atoms with Gasteiger partial charge in [0.25, 0.3) is 0 Å². The van der Waals surface area contributed by atoms with E-state index in [1.807, 2.05) is 38.1 Å². The summed E-state index contributed by atoms with van der Waals surface area (Å²) in [5.74, 6) is 1.21. The lowest BCUT2D eigenvalue weighted by molar-refractivity contribution is 0.0602. The van der Waals surface area contributed by atoms with Crippen molar-refractivity contribution in [1.82, 2.24) is 10.2 Å². The van der Waals surface area contributed by atoms with E-state index < -0.39 is 15.2 Å². The number of hydrogen-bond acceptors (Lipinski definition) is 6. The van der Waals surface area contributed by atoms with Crippen LogP contribution in [0, 0.1) is 5.92 Å². The molecule has 3 unspecified atom stereocenters. The third-order valence-electron chi connectivity index (χ3n) is 7.35. The highest BCUT2D eigenvalue weighted by atomic mass is 32.2. The van der Waals surface area contributed by atoms with Crippen molar-refractivity contribution in [3.05, 3.63) is 64.7 Å². The Kier molecular flexibility index (Phi) is 6.53. The lowest BCUT2D eigenvalue weighted by Gasteiger charge is -2.36. The molecule has 4 aliphatic heterocycles. The van der Waals surface area contributed by atoms with Crippen molar-refractivity contribution < 1.29 is 22.7 Å². The first-order valence-electron chi connectivity index (χ1n) is 12.5. The van der Waals surface area contributed by atoms with Gasteiger partial charge in [0, 0.05) is 25.8 Å². The van der Waals surface area contributed by atoms with Gasteiger partial charge in [-0.15, -0.1) is 0 Å². The minimum absolute atomic E-state index is 0.117. The maximum atomic E-state index is 12.5. The third kappa shape index (κ3) is 5.19. The van der Waals surface area contributed by atoms with Crippen molar-refractivity contribution in [1.29, 1.82) is 0 Å². The largest absolute Gasteiger partial charge is 0.486 e. The molecule has 0 aromatic heterocycles. The number of benzene rings is 2. The van der Waals surface area contributed by atoms with Gasteiger partial charge in [0.2, 0.25) is 0 Å². The monoisotopic (exact) mass is 498 g/mol. The number of nitrogens with one attached hydrogen (secondary N) is 1. The lowest BCUT2D eigenvalue weighted by atomic mass is 9.84. The summed E-state index contributed by atoms with van der Waals surface area (Å²) in [6.07, 6.45) is 3.90.